The molecule has 0 amide bonds. The number of ether oxygens (including phenoxy) is 1. The summed E-state index contributed by atoms with van der Waals surface area (Å²) in [6.45, 7) is 1.98. The largest absolute Gasteiger partial charge is 0.466 e. The van der Waals surface area contributed by atoms with Gasteiger partial charge in [-0.3, -0.25) is 9.52 Å². The number of halogens is 2. The number of carbonyl (C=O) groups excluding carboxylic acids is 1. The van der Waals surface area contributed by atoms with Crippen LogP contribution in [0.25, 0.3) is 0 Å². The van der Waals surface area contributed by atoms with E-state index in [9.17, 15) is 13.2 Å². The highest BCUT2D eigenvalue weighted by Crippen LogP contribution is 2.26. The summed E-state index contributed by atoms with van der Waals surface area (Å²) in [5.74, 6) is -0.420. The number of thiazole rings is 1. The first-order valence-electron chi connectivity index (χ1n) is 6.39. The van der Waals surface area contributed by atoms with Gasteiger partial charge in [0.25, 0.3) is 10.0 Å². The second-order valence-corrected chi connectivity index (χ2v) is 7.66. The van der Waals surface area contributed by atoms with E-state index in [2.05, 4.69) is 9.71 Å². The number of benzene rings is 1. The van der Waals surface area contributed by atoms with E-state index in [-0.39, 0.29) is 33.1 Å². The van der Waals surface area contributed by atoms with Gasteiger partial charge in [-0.05, 0) is 25.1 Å². The minimum atomic E-state index is -3.84. The van der Waals surface area contributed by atoms with Crippen molar-refractivity contribution in [3.8, 4) is 0 Å². The zero-order chi connectivity index (χ0) is 17.0. The molecule has 2 rings (SSSR count). The van der Waals surface area contributed by atoms with Gasteiger partial charge in [0.15, 0.2) is 5.13 Å². The van der Waals surface area contributed by atoms with Gasteiger partial charge in [0.05, 0.1) is 33.7 Å². The van der Waals surface area contributed by atoms with Gasteiger partial charge in [0.2, 0.25) is 0 Å². The molecule has 2 aromatic rings. The van der Waals surface area contributed by atoms with Crippen molar-refractivity contribution in [1.82, 2.24) is 4.98 Å². The van der Waals surface area contributed by atoms with Crippen molar-refractivity contribution in [3.05, 3.63) is 39.3 Å². The van der Waals surface area contributed by atoms with Gasteiger partial charge < -0.3 is 4.74 Å². The van der Waals surface area contributed by atoms with Gasteiger partial charge in [-0.2, -0.15) is 0 Å². The maximum absolute atomic E-state index is 12.3. The van der Waals surface area contributed by atoms with Crippen LogP contribution >= 0.6 is 34.5 Å². The Morgan fingerprint density at radius 1 is 1.35 bits per heavy atom. The van der Waals surface area contributed by atoms with E-state index in [1.165, 1.54) is 18.2 Å². The number of esters is 1. The lowest BCUT2D eigenvalue weighted by Crippen LogP contribution is -2.13. The second-order valence-electron chi connectivity index (χ2n) is 4.31. The topological polar surface area (TPSA) is 85.4 Å². The van der Waals surface area contributed by atoms with Gasteiger partial charge >= 0.3 is 5.97 Å². The summed E-state index contributed by atoms with van der Waals surface area (Å²) < 4.78 is 31.7. The molecule has 0 radical (unpaired) electrons. The fourth-order valence-corrected chi connectivity index (χ4v) is 3.96. The molecule has 0 fully saturated rings. The Morgan fingerprint density at radius 2 is 2.09 bits per heavy atom. The van der Waals surface area contributed by atoms with Crippen molar-refractivity contribution in [2.75, 3.05) is 11.3 Å². The number of nitrogens with zero attached hydrogens (tertiary/aromatic N) is 1. The van der Waals surface area contributed by atoms with Crippen molar-refractivity contribution in [2.24, 2.45) is 0 Å². The summed E-state index contributed by atoms with van der Waals surface area (Å²) in [7, 11) is -3.84. The third kappa shape index (κ3) is 4.81. The van der Waals surface area contributed by atoms with Crippen molar-refractivity contribution in [3.63, 3.8) is 0 Å². The van der Waals surface area contributed by atoms with Crippen LogP contribution in [-0.4, -0.2) is 26.0 Å². The fraction of sp³-hybridized carbons (Fsp3) is 0.231. The molecule has 0 unspecified atom stereocenters. The molecule has 0 aliphatic rings. The van der Waals surface area contributed by atoms with E-state index in [1.54, 1.807) is 12.3 Å². The highest BCUT2D eigenvalue weighted by molar-refractivity contribution is 7.93. The Kier molecular flexibility index (Phi) is 5.85. The molecule has 10 heteroatoms. The molecule has 0 aliphatic carbocycles. The lowest BCUT2D eigenvalue weighted by molar-refractivity contribution is -0.142. The molecule has 0 bridgehead atoms. The number of hydrogen-bond acceptors (Lipinski definition) is 6. The summed E-state index contributed by atoms with van der Waals surface area (Å²) in [5.41, 5.74) is 0.431. The Balaban J connectivity index is 2.13. The van der Waals surface area contributed by atoms with Crippen LogP contribution in [0.4, 0.5) is 5.13 Å². The predicted molar refractivity (Wildman–Crippen MR) is 89.7 cm³/mol. The van der Waals surface area contributed by atoms with Crippen LogP contribution < -0.4 is 4.72 Å². The van der Waals surface area contributed by atoms with Gasteiger partial charge in [0, 0.05) is 5.38 Å². The van der Waals surface area contributed by atoms with Crippen LogP contribution in [0.5, 0.6) is 0 Å². The highest BCUT2D eigenvalue weighted by atomic mass is 35.5. The molecule has 1 heterocycles. The Bertz CT molecular complexity index is 821. The average molecular weight is 395 g/mol. The lowest BCUT2D eigenvalue weighted by atomic mass is 10.3. The smallest absolute Gasteiger partial charge is 0.311 e. The van der Waals surface area contributed by atoms with Gasteiger partial charge in [-0.25, -0.2) is 13.4 Å². The molecule has 6 nitrogen and oxygen atoms in total. The summed E-state index contributed by atoms with van der Waals surface area (Å²) in [6.07, 6.45) is -0.0150. The molecule has 0 aliphatic heterocycles. The summed E-state index contributed by atoms with van der Waals surface area (Å²) >= 11 is 12.7. The molecule has 124 valence electrons. The molecule has 0 spiro atoms. The van der Waals surface area contributed by atoms with Crippen LogP contribution in [0.3, 0.4) is 0 Å². The van der Waals surface area contributed by atoms with Crippen LogP contribution in [0.1, 0.15) is 12.6 Å². The standard InChI is InChI=1S/C13H12Cl2N2O4S2/c1-2-21-12(18)5-8-7-22-13(16-8)17-23(19,20)9-3-4-10(14)11(15)6-9/h3-4,6-7H,2,5H2,1H3,(H,16,17). The van der Waals surface area contributed by atoms with Crippen molar-refractivity contribution >= 4 is 55.7 Å². The molecule has 1 N–H and O–H groups in total. The first-order chi connectivity index (χ1) is 10.8. The zero-order valence-electron chi connectivity index (χ0n) is 11.9. The normalized spacial score (nSPS) is 11.3. The number of anilines is 1. The number of carbonyl (C=O) groups is 1. The Morgan fingerprint density at radius 3 is 2.74 bits per heavy atom. The molecule has 23 heavy (non-hydrogen) atoms. The highest BCUT2D eigenvalue weighted by Gasteiger charge is 2.18. The van der Waals surface area contributed by atoms with E-state index in [1.807, 2.05) is 0 Å². The van der Waals surface area contributed by atoms with Gasteiger partial charge in [-0.15, -0.1) is 11.3 Å². The van der Waals surface area contributed by atoms with Crippen molar-refractivity contribution in [1.29, 1.82) is 0 Å². The number of nitrogens with one attached hydrogen (secondary N) is 1. The maximum Gasteiger partial charge on any atom is 0.311 e. The molecule has 1 aromatic carbocycles. The summed E-state index contributed by atoms with van der Waals surface area (Å²) in [5, 5.41) is 2.13. The molecule has 0 atom stereocenters. The van der Waals surface area contributed by atoms with Crippen LogP contribution in [0.2, 0.25) is 10.0 Å². The maximum atomic E-state index is 12.3. The number of hydrogen-bond donors (Lipinski definition) is 1. The van der Waals surface area contributed by atoms with E-state index >= 15 is 0 Å². The van der Waals surface area contributed by atoms with E-state index in [4.69, 9.17) is 27.9 Å². The predicted octanol–water partition coefficient (Wildman–Crippen LogP) is 3.36. The molecule has 0 saturated carbocycles. The first-order valence-corrected chi connectivity index (χ1v) is 9.51. The van der Waals surface area contributed by atoms with Gasteiger partial charge in [0.1, 0.15) is 0 Å². The van der Waals surface area contributed by atoms with Crippen molar-refractivity contribution in [2.45, 2.75) is 18.2 Å². The second kappa shape index (κ2) is 7.48. The summed E-state index contributed by atoms with van der Waals surface area (Å²) in [6, 6.07) is 3.98. The molecule has 0 saturated heterocycles. The van der Waals surface area contributed by atoms with Crippen LogP contribution in [-0.2, 0) is 26.0 Å². The first kappa shape index (κ1) is 18.0. The minimum Gasteiger partial charge on any atom is -0.466 e. The van der Waals surface area contributed by atoms with Crippen LogP contribution in [0.15, 0.2) is 28.5 Å². The molecule has 1 aromatic heterocycles. The Labute approximate surface area is 147 Å². The van der Waals surface area contributed by atoms with E-state index < -0.39 is 16.0 Å². The third-order valence-electron chi connectivity index (χ3n) is 2.61. The molecular weight excluding hydrogens is 383 g/mol. The lowest BCUT2D eigenvalue weighted by Gasteiger charge is -2.06. The molecular formula is C13H12Cl2N2O4S2. The fourth-order valence-electron chi connectivity index (χ4n) is 1.61. The van der Waals surface area contributed by atoms with Gasteiger partial charge in [-0.1, -0.05) is 23.2 Å². The zero-order valence-corrected chi connectivity index (χ0v) is 15.0. The van der Waals surface area contributed by atoms with E-state index in [0.29, 0.717) is 5.69 Å². The quantitative estimate of drug-likeness (QED) is 0.759. The van der Waals surface area contributed by atoms with Crippen molar-refractivity contribution < 1.29 is 17.9 Å². The SMILES string of the molecule is CCOC(=O)Cc1csc(NS(=O)(=O)c2ccc(Cl)c(Cl)c2)n1. The number of aromatic nitrogens is 1. The number of rotatable bonds is 6. The minimum absolute atomic E-state index is 0.0150. The van der Waals surface area contributed by atoms with Crippen LogP contribution in [0, 0.1) is 0 Å². The van der Waals surface area contributed by atoms with E-state index in [0.717, 1.165) is 11.3 Å². The Hall–Kier alpha value is -1.35. The monoisotopic (exact) mass is 394 g/mol. The number of sulfonamides is 1. The average Bonchev–Trinajstić information content (AvgIpc) is 2.88. The third-order valence-corrected chi connectivity index (χ3v) is 5.62. The summed E-state index contributed by atoms with van der Waals surface area (Å²) in [4.78, 5) is 15.4.